The minimum atomic E-state index is -0.525. The summed E-state index contributed by atoms with van der Waals surface area (Å²) in [6, 6.07) is 6.71. The third kappa shape index (κ3) is 4.73. The molecule has 5 nitrogen and oxygen atoms in total. The first kappa shape index (κ1) is 14.5. The Kier molecular flexibility index (Phi) is 5.61. The molecule has 0 saturated heterocycles. The standard InChI is InChI=1S/C13H20N2O3/c1-9(2)15-12(13(14)17)8-18-11-5-3-4-10(6-11)7-16/h3-6,9,12,15-16H,7-8H2,1-2H3,(H2,14,17). The number of carbonyl (C=O) groups is 1. The Labute approximate surface area is 107 Å². The van der Waals surface area contributed by atoms with Gasteiger partial charge in [-0.25, -0.2) is 0 Å². The van der Waals surface area contributed by atoms with Gasteiger partial charge in [-0.15, -0.1) is 0 Å². The molecule has 1 atom stereocenters. The fourth-order valence-corrected chi connectivity index (χ4v) is 1.53. The number of primary amides is 1. The lowest BCUT2D eigenvalue weighted by atomic mass is 10.2. The molecular formula is C13H20N2O3. The van der Waals surface area contributed by atoms with Gasteiger partial charge in [0.15, 0.2) is 0 Å². The minimum absolute atomic E-state index is 0.0410. The van der Waals surface area contributed by atoms with Crippen LogP contribution in [0, 0.1) is 0 Å². The van der Waals surface area contributed by atoms with Gasteiger partial charge in [0, 0.05) is 6.04 Å². The van der Waals surface area contributed by atoms with Crippen LogP contribution in [0.15, 0.2) is 24.3 Å². The van der Waals surface area contributed by atoms with Crippen LogP contribution in [0.2, 0.25) is 0 Å². The predicted molar refractivity (Wildman–Crippen MR) is 69.1 cm³/mol. The van der Waals surface area contributed by atoms with Crippen molar-refractivity contribution >= 4 is 5.91 Å². The number of benzene rings is 1. The van der Waals surface area contributed by atoms with E-state index in [9.17, 15) is 4.79 Å². The van der Waals surface area contributed by atoms with Gasteiger partial charge in [0.05, 0.1) is 6.61 Å². The molecule has 0 saturated carbocycles. The zero-order valence-electron chi connectivity index (χ0n) is 10.7. The number of aliphatic hydroxyl groups is 1. The number of ether oxygens (including phenoxy) is 1. The molecule has 0 fully saturated rings. The summed E-state index contributed by atoms with van der Waals surface area (Å²) >= 11 is 0. The van der Waals surface area contributed by atoms with Crippen LogP contribution in [0.3, 0.4) is 0 Å². The van der Waals surface area contributed by atoms with E-state index in [4.69, 9.17) is 15.6 Å². The van der Waals surface area contributed by atoms with E-state index in [0.717, 1.165) is 5.56 Å². The van der Waals surface area contributed by atoms with Gasteiger partial charge >= 0.3 is 0 Å². The Balaban J connectivity index is 2.58. The van der Waals surface area contributed by atoms with Gasteiger partial charge < -0.3 is 20.9 Å². The normalized spacial score (nSPS) is 12.4. The van der Waals surface area contributed by atoms with E-state index in [0.29, 0.717) is 5.75 Å². The molecule has 0 spiro atoms. The Morgan fingerprint density at radius 3 is 2.78 bits per heavy atom. The molecule has 1 rings (SSSR count). The highest BCUT2D eigenvalue weighted by Crippen LogP contribution is 2.13. The Morgan fingerprint density at radius 2 is 2.22 bits per heavy atom. The summed E-state index contributed by atoms with van der Waals surface area (Å²) in [5.74, 6) is 0.167. The summed E-state index contributed by atoms with van der Waals surface area (Å²) in [4.78, 5) is 11.2. The number of amides is 1. The maximum absolute atomic E-state index is 11.2. The number of rotatable bonds is 7. The highest BCUT2D eigenvalue weighted by molar-refractivity contribution is 5.80. The van der Waals surface area contributed by atoms with Gasteiger partial charge in [-0.3, -0.25) is 4.79 Å². The van der Waals surface area contributed by atoms with Crippen molar-refractivity contribution in [2.75, 3.05) is 6.61 Å². The fraction of sp³-hybridized carbons (Fsp3) is 0.462. The predicted octanol–water partition coefficient (Wildman–Crippen LogP) is 0.410. The van der Waals surface area contributed by atoms with E-state index >= 15 is 0 Å². The van der Waals surface area contributed by atoms with Gasteiger partial charge in [-0.2, -0.15) is 0 Å². The Morgan fingerprint density at radius 1 is 1.50 bits per heavy atom. The number of hydrogen-bond acceptors (Lipinski definition) is 4. The Bertz CT molecular complexity index is 394. The molecule has 0 heterocycles. The molecule has 1 aromatic rings. The summed E-state index contributed by atoms with van der Waals surface area (Å²) in [6.07, 6.45) is 0. The van der Waals surface area contributed by atoms with E-state index < -0.39 is 11.9 Å². The van der Waals surface area contributed by atoms with Crippen LogP contribution in [0.25, 0.3) is 0 Å². The average molecular weight is 252 g/mol. The SMILES string of the molecule is CC(C)NC(COc1cccc(CO)c1)C(N)=O. The summed E-state index contributed by atoms with van der Waals surface area (Å²) in [7, 11) is 0. The summed E-state index contributed by atoms with van der Waals surface area (Å²) in [6.45, 7) is 3.99. The molecule has 18 heavy (non-hydrogen) atoms. The van der Waals surface area contributed by atoms with Crippen LogP contribution in [-0.2, 0) is 11.4 Å². The maximum atomic E-state index is 11.2. The number of nitrogens with two attached hydrogens (primary N) is 1. The minimum Gasteiger partial charge on any atom is -0.491 e. The van der Waals surface area contributed by atoms with E-state index in [2.05, 4.69) is 5.32 Å². The van der Waals surface area contributed by atoms with Crippen LogP contribution < -0.4 is 15.8 Å². The largest absolute Gasteiger partial charge is 0.491 e. The molecule has 4 N–H and O–H groups in total. The monoisotopic (exact) mass is 252 g/mol. The van der Waals surface area contributed by atoms with Gasteiger partial charge in [-0.1, -0.05) is 26.0 Å². The van der Waals surface area contributed by atoms with E-state index in [1.54, 1.807) is 24.3 Å². The number of aliphatic hydroxyl groups excluding tert-OH is 1. The summed E-state index contributed by atoms with van der Waals surface area (Å²) < 4.78 is 5.50. The van der Waals surface area contributed by atoms with Crippen molar-refractivity contribution in [3.63, 3.8) is 0 Å². The van der Waals surface area contributed by atoms with E-state index in [-0.39, 0.29) is 19.3 Å². The first-order valence-corrected chi connectivity index (χ1v) is 5.91. The molecule has 1 unspecified atom stereocenters. The highest BCUT2D eigenvalue weighted by Gasteiger charge is 2.16. The highest BCUT2D eigenvalue weighted by atomic mass is 16.5. The molecule has 0 aromatic heterocycles. The van der Waals surface area contributed by atoms with Crippen LogP contribution in [0.5, 0.6) is 5.75 Å². The molecule has 1 aromatic carbocycles. The molecule has 0 bridgehead atoms. The van der Waals surface area contributed by atoms with Crippen LogP contribution in [-0.4, -0.2) is 29.7 Å². The second-order valence-electron chi connectivity index (χ2n) is 4.39. The maximum Gasteiger partial charge on any atom is 0.238 e. The third-order valence-electron chi connectivity index (χ3n) is 2.38. The van der Waals surface area contributed by atoms with Crippen molar-refractivity contribution in [1.82, 2.24) is 5.32 Å². The molecular weight excluding hydrogens is 232 g/mol. The smallest absolute Gasteiger partial charge is 0.238 e. The molecule has 100 valence electrons. The second-order valence-corrected chi connectivity index (χ2v) is 4.39. The van der Waals surface area contributed by atoms with Gasteiger partial charge in [0.25, 0.3) is 0 Å². The van der Waals surface area contributed by atoms with E-state index in [1.807, 2.05) is 13.8 Å². The van der Waals surface area contributed by atoms with Crippen molar-refractivity contribution < 1.29 is 14.6 Å². The van der Waals surface area contributed by atoms with Gasteiger partial charge in [0.1, 0.15) is 18.4 Å². The molecule has 0 aliphatic rings. The lowest BCUT2D eigenvalue weighted by Crippen LogP contribution is -2.48. The first-order chi connectivity index (χ1) is 8.52. The van der Waals surface area contributed by atoms with E-state index in [1.165, 1.54) is 0 Å². The van der Waals surface area contributed by atoms with Crippen molar-refractivity contribution in [2.24, 2.45) is 5.73 Å². The number of nitrogens with one attached hydrogen (secondary N) is 1. The fourth-order valence-electron chi connectivity index (χ4n) is 1.53. The lowest BCUT2D eigenvalue weighted by Gasteiger charge is -2.18. The second kappa shape index (κ2) is 6.98. The van der Waals surface area contributed by atoms with Crippen molar-refractivity contribution in [3.05, 3.63) is 29.8 Å². The molecule has 1 amide bonds. The first-order valence-electron chi connectivity index (χ1n) is 5.91. The average Bonchev–Trinajstić information content (AvgIpc) is 2.34. The zero-order chi connectivity index (χ0) is 13.5. The lowest BCUT2D eigenvalue weighted by molar-refractivity contribution is -0.120. The number of carbonyl (C=O) groups excluding carboxylic acids is 1. The van der Waals surface area contributed by atoms with Crippen molar-refractivity contribution in [3.8, 4) is 5.75 Å². The summed E-state index contributed by atoms with van der Waals surface area (Å²) in [5.41, 5.74) is 6.05. The quantitative estimate of drug-likeness (QED) is 0.656. The van der Waals surface area contributed by atoms with Crippen molar-refractivity contribution in [1.29, 1.82) is 0 Å². The topological polar surface area (TPSA) is 84.6 Å². The molecule has 0 aliphatic heterocycles. The zero-order valence-corrected chi connectivity index (χ0v) is 10.7. The van der Waals surface area contributed by atoms with Gasteiger partial charge in [-0.05, 0) is 17.7 Å². The van der Waals surface area contributed by atoms with Crippen LogP contribution in [0.4, 0.5) is 0 Å². The molecule has 0 aliphatic carbocycles. The number of hydrogen-bond donors (Lipinski definition) is 3. The van der Waals surface area contributed by atoms with Crippen molar-refractivity contribution in [2.45, 2.75) is 32.5 Å². The van der Waals surface area contributed by atoms with Crippen LogP contribution in [0.1, 0.15) is 19.4 Å². The van der Waals surface area contributed by atoms with Gasteiger partial charge in [0.2, 0.25) is 5.91 Å². The molecule has 0 radical (unpaired) electrons. The third-order valence-corrected chi connectivity index (χ3v) is 2.38. The molecule has 5 heteroatoms. The van der Waals surface area contributed by atoms with Crippen LogP contribution >= 0.6 is 0 Å². The summed E-state index contributed by atoms with van der Waals surface area (Å²) in [5, 5.41) is 12.0. The Hall–Kier alpha value is -1.59.